The first kappa shape index (κ1) is 23.9. The maximum absolute atomic E-state index is 12.5. The molecule has 0 radical (unpaired) electrons. The van der Waals surface area contributed by atoms with E-state index in [1.807, 2.05) is 41.3 Å². The van der Waals surface area contributed by atoms with Gasteiger partial charge in [0.25, 0.3) is 0 Å². The molecule has 1 saturated heterocycles. The zero-order valence-electron chi connectivity index (χ0n) is 20.8. The first-order valence-electron chi connectivity index (χ1n) is 12.5. The van der Waals surface area contributed by atoms with Crippen molar-refractivity contribution in [1.29, 1.82) is 0 Å². The smallest absolute Gasteiger partial charge is 0.319 e. The third kappa shape index (κ3) is 5.53. The van der Waals surface area contributed by atoms with Crippen LogP contribution in [0.5, 0.6) is 11.5 Å². The number of rotatable bonds is 7. The fourth-order valence-corrected chi connectivity index (χ4v) is 4.69. The van der Waals surface area contributed by atoms with Gasteiger partial charge in [0.15, 0.2) is 0 Å². The Bertz CT molecular complexity index is 1240. The molecule has 0 spiro atoms. The lowest BCUT2D eigenvalue weighted by atomic mass is 9.96. The molecule has 1 aliphatic carbocycles. The Kier molecular flexibility index (Phi) is 6.93. The van der Waals surface area contributed by atoms with Crippen LogP contribution in [0, 0.1) is 11.8 Å². The van der Waals surface area contributed by atoms with E-state index in [0.29, 0.717) is 35.6 Å². The Morgan fingerprint density at radius 2 is 1.67 bits per heavy atom. The molecule has 3 aromatic rings. The fourth-order valence-electron chi connectivity index (χ4n) is 4.69. The van der Waals surface area contributed by atoms with Crippen molar-refractivity contribution in [3.05, 3.63) is 48.7 Å². The summed E-state index contributed by atoms with van der Waals surface area (Å²) >= 11 is 0. The van der Waals surface area contributed by atoms with Crippen LogP contribution in [0.4, 0.5) is 10.5 Å². The highest BCUT2D eigenvalue weighted by atomic mass is 16.5. The molecule has 5 rings (SSSR count). The molecule has 0 unspecified atom stereocenters. The highest BCUT2D eigenvalue weighted by molar-refractivity contribution is 5.93. The van der Waals surface area contributed by atoms with Gasteiger partial charge in [-0.3, -0.25) is 9.78 Å². The van der Waals surface area contributed by atoms with Crippen LogP contribution in [0.2, 0.25) is 0 Å². The summed E-state index contributed by atoms with van der Waals surface area (Å²) < 4.78 is 10.8. The molecule has 1 aliphatic heterocycles. The molecule has 2 N–H and O–H groups in total. The SMILES string of the molecule is COc1cc(OC)cc(-c2cnc3cc(NC(=O)NCC4CCN(C(=O)C5CC5)CC4)ccc3c2)c1. The topological polar surface area (TPSA) is 92.8 Å². The lowest BCUT2D eigenvalue weighted by Gasteiger charge is -2.32. The molecule has 8 heteroatoms. The number of hydrogen-bond donors (Lipinski definition) is 2. The molecule has 3 amide bonds. The van der Waals surface area contributed by atoms with Crippen molar-refractivity contribution >= 4 is 28.5 Å². The maximum atomic E-state index is 12.5. The summed E-state index contributed by atoms with van der Waals surface area (Å²) in [7, 11) is 3.26. The molecule has 2 fully saturated rings. The molecule has 188 valence electrons. The number of benzene rings is 2. The van der Waals surface area contributed by atoms with E-state index in [-0.39, 0.29) is 11.9 Å². The van der Waals surface area contributed by atoms with E-state index >= 15 is 0 Å². The first-order chi connectivity index (χ1) is 17.5. The van der Waals surface area contributed by atoms with Crippen molar-refractivity contribution in [2.75, 3.05) is 39.2 Å². The number of likely N-dealkylation sites (tertiary alicyclic amines) is 1. The van der Waals surface area contributed by atoms with E-state index in [1.54, 1.807) is 20.4 Å². The average molecular weight is 489 g/mol. The molecule has 8 nitrogen and oxygen atoms in total. The molecular formula is C28H32N4O4. The predicted octanol–water partition coefficient (Wildman–Crippen LogP) is 4.69. The minimum Gasteiger partial charge on any atom is -0.497 e. The second-order valence-electron chi connectivity index (χ2n) is 9.61. The number of ether oxygens (including phenoxy) is 2. The normalized spacial score (nSPS) is 16.0. The summed E-state index contributed by atoms with van der Waals surface area (Å²) in [6.07, 6.45) is 5.76. The zero-order valence-corrected chi connectivity index (χ0v) is 20.8. The minimum atomic E-state index is -0.231. The van der Waals surface area contributed by atoms with E-state index in [0.717, 1.165) is 60.8 Å². The average Bonchev–Trinajstić information content (AvgIpc) is 3.77. The van der Waals surface area contributed by atoms with Gasteiger partial charge in [-0.2, -0.15) is 0 Å². The van der Waals surface area contributed by atoms with Gasteiger partial charge in [0.1, 0.15) is 11.5 Å². The summed E-state index contributed by atoms with van der Waals surface area (Å²) in [5.41, 5.74) is 3.38. The van der Waals surface area contributed by atoms with Gasteiger partial charge in [0.2, 0.25) is 5.91 Å². The Labute approximate surface area is 211 Å². The summed E-state index contributed by atoms with van der Waals surface area (Å²) in [4.78, 5) is 31.3. The lowest BCUT2D eigenvalue weighted by molar-refractivity contribution is -0.133. The highest BCUT2D eigenvalue weighted by Crippen LogP contribution is 2.33. The lowest BCUT2D eigenvalue weighted by Crippen LogP contribution is -2.42. The standard InChI is InChI=1S/C28H32N4O4/c1-35-24-12-21(13-25(15-24)36-2)22-11-20-5-6-23(14-26(20)29-17-22)31-28(34)30-16-18-7-9-32(10-8-18)27(33)19-3-4-19/h5-6,11-15,17-19H,3-4,7-10,16H2,1-2H3,(H2,30,31,34). The van der Waals surface area contributed by atoms with Crippen LogP contribution in [0.15, 0.2) is 48.7 Å². The second kappa shape index (κ2) is 10.4. The Balaban J connectivity index is 1.17. The van der Waals surface area contributed by atoms with Crippen LogP contribution in [0.3, 0.4) is 0 Å². The monoisotopic (exact) mass is 488 g/mol. The van der Waals surface area contributed by atoms with Crippen molar-refractivity contribution in [1.82, 2.24) is 15.2 Å². The van der Waals surface area contributed by atoms with E-state index in [1.165, 1.54) is 0 Å². The third-order valence-electron chi connectivity index (χ3n) is 7.03. The summed E-state index contributed by atoms with van der Waals surface area (Å²) in [6.45, 7) is 2.20. The number of urea groups is 1. The van der Waals surface area contributed by atoms with Gasteiger partial charge >= 0.3 is 6.03 Å². The van der Waals surface area contributed by atoms with Gasteiger partial charge in [-0.05, 0) is 67.5 Å². The van der Waals surface area contributed by atoms with Crippen molar-refractivity contribution < 1.29 is 19.1 Å². The van der Waals surface area contributed by atoms with Crippen molar-refractivity contribution in [2.24, 2.45) is 11.8 Å². The number of amides is 3. The molecule has 1 saturated carbocycles. The van der Waals surface area contributed by atoms with Crippen LogP contribution in [0.25, 0.3) is 22.0 Å². The van der Waals surface area contributed by atoms with Crippen LogP contribution in [-0.4, -0.2) is 55.7 Å². The molecule has 36 heavy (non-hydrogen) atoms. The molecule has 0 bridgehead atoms. The number of carbonyl (C=O) groups is 2. The molecule has 2 aliphatic rings. The van der Waals surface area contributed by atoms with E-state index in [4.69, 9.17) is 9.47 Å². The quantitative estimate of drug-likeness (QED) is 0.503. The number of piperidine rings is 1. The molecule has 2 heterocycles. The number of methoxy groups -OCH3 is 2. The van der Waals surface area contributed by atoms with Gasteiger partial charge < -0.3 is 25.0 Å². The van der Waals surface area contributed by atoms with Crippen LogP contribution >= 0.6 is 0 Å². The van der Waals surface area contributed by atoms with E-state index < -0.39 is 0 Å². The van der Waals surface area contributed by atoms with Crippen molar-refractivity contribution in [2.45, 2.75) is 25.7 Å². The second-order valence-corrected chi connectivity index (χ2v) is 9.61. The fraction of sp³-hybridized carbons (Fsp3) is 0.393. The Hall–Kier alpha value is -3.81. The van der Waals surface area contributed by atoms with Gasteiger partial charge in [-0.15, -0.1) is 0 Å². The van der Waals surface area contributed by atoms with Crippen LogP contribution in [-0.2, 0) is 4.79 Å². The summed E-state index contributed by atoms with van der Waals surface area (Å²) in [5, 5.41) is 6.86. The minimum absolute atomic E-state index is 0.231. The molecular weight excluding hydrogens is 456 g/mol. The van der Waals surface area contributed by atoms with Gasteiger partial charge in [-0.1, -0.05) is 6.07 Å². The number of nitrogens with zero attached hydrogens (tertiary/aromatic N) is 2. The number of fused-ring (bicyclic) bond motifs is 1. The third-order valence-corrected chi connectivity index (χ3v) is 7.03. The Morgan fingerprint density at radius 1 is 0.944 bits per heavy atom. The van der Waals surface area contributed by atoms with Gasteiger partial charge in [0, 0.05) is 54.5 Å². The van der Waals surface area contributed by atoms with Crippen LogP contribution < -0.4 is 20.1 Å². The van der Waals surface area contributed by atoms with Crippen LogP contribution in [0.1, 0.15) is 25.7 Å². The van der Waals surface area contributed by atoms with E-state index in [9.17, 15) is 9.59 Å². The molecule has 2 aromatic carbocycles. The van der Waals surface area contributed by atoms with Gasteiger partial charge in [0.05, 0.1) is 19.7 Å². The largest absolute Gasteiger partial charge is 0.497 e. The number of hydrogen-bond acceptors (Lipinski definition) is 5. The molecule has 1 aromatic heterocycles. The zero-order chi connectivity index (χ0) is 25.1. The van der Waals surface area contributed by atoms with E-state index in [2.05, 4.69) is 21.7 Å². The van der Waals surface area contributed by atoms with Crippen molar-refractivity contribution in [3.63, 3.8) is 0 Å². The number of carbonyl (C=O) groups excluding carboxylic acids is 2. The maximum Gasteiger partial charge on any atom is 0.319 e. The van der Waals surface area contributed by atoms with Crippen molar-refractivity contribution in [3.8, 4) is 22.6 Å². The number of nitrogens with one attached hydrogen (secondary N) is 2. The number of aromatic nitrogens is 1. The Morgan fingerprint density at radius 3 is 2.33 bits per heavy atom. The molecule has 0 atom stereocenters. The summed E-state index contributed by atoms with van der Waals surface area (Å²) in [6, 6.07) is 13.2. The number of anilines is 1. The number of pyridine rings is 1. The predicted molar refractivity (Wildman–Crippen MR) is 139 cm³/mol. The highest BCUT2D eigenvalue weighted by Gasteiger charge is 2.34. The van der Waals surface area contributed by atoms with Gasteiger partial charge in [-0.25, -0.2) is 4.79 Å². The first-order valence-corrected chi connectivity index (χ1v) is 12.5. The summed E-state index contributed by atoms with van der Waals surface area (Å²) in [5.74, 6) is 2.42.